The van der Waals surface area contributed by atoms with E-state index >= 15 is 0 Å². The minimum absolute atomic E-state index is 0. The zero-order chi connectivity index (χ0) is 18.8. The maximum absolute atomic E-state index is 13.9. The molecule has 2 amide bonds. The minimum atomic E-state index is -1.45. The first-order valence-corrected chi connectivity index (χ1v) is 8.09. The topological polar surface area (TPSA) is 105 Å². The average Bonchev–Trinajstić information content (AvgIpc) is 2.61. The molecule has 0 radical (unpaired) electrons. The smallest absolute Gasteiger partial charge is 0.548 e. The summed E-state index contributed by atoms with van der Waals surface area (Å²) in [5.74, 6) is -1.94. The largest absolute Gasteiger partial charge is 1.00 e. The number of fused-ring (bicyclic) bond motifs is 1. The van der Waals surface area contributed by atoms with E-state index < -0.39 is 29.9 Å². The van der Waals surface area contributed by atoms with E-state index in [4.69, 9.17) is 0 Å². The summed E-state index contributed by atoms with van der Waals surface area (Å²) in [7, 11) is 0. The third-order valence-electron chi connectivity index (χ3n) is 4.50. The molecule has 2 heterocycles. The molecule has 2 aromatic rings. The number of carbonyl (C=O) groups excluding carboxylic acids is 2. The number of H-pyrrole nitrogens is 1. The second-order valence-corrected chi connectivity index (χ2v) is 6.20. The first-order valence-electron chi connectivity index (χ1n) is 8.09. The van der Waals surface area contributed by atoms with Crippen LogP contribution >= 0.6 is 0 Å². The molecule has 1 aromatic carbocycles. The molecule has 0 spiro atoms. The number of amides is 2. The van der Waals surface area contributed by atoms with E-state index in [0.717, 1.165) is 4.90 Å². The summed E-state index contributed by atoms with van der Waals surface area (Å²) in [4.78, 5) is 39.1. The summed E-state index contributed by atoms with van der Waals surface area (Å²) in [6.45, 7) is 1.64. The number of nitrogens with one attached hydrogen (secondary N) is 2. The Morgan fingerprint density at radius 1 is 1.37 bits per heavy atom. The number of aromatic nitrogens is 1. The van der Waals surface area contributed by atoms with Gasteiger partial charge in [0.05, 0.1) is 18.1 Å². The summed E-state index contributed by atoms with van der Waals surface area (Å²) < 4.78 is 13.9. The zero-order valence-corrected chi connectivity index (χ0v) is 18.1. The summed E-state index contributed by atoms with van der Waals surface area (Å²) in [5.41, 5.74) is 1.11. The van der Waals surface area contributed by atoms with Gasteiger partial charge in [0.2, 0.25) is 5.56 Å². The van der Waals surface area contributed by atoms with Gasteiger partial charge in [-0.3, -0.25) is 4.79 Å². The monoisotopic (exact) mass is 397 g/mol. The molecule has 0 bridgehead atoms. The van der Waals surface area contributed by atoms with Crippen LogP contribution in [0.3, 0.4) is 0 Å². The number of rotatable bonds is 3. The van der Waals surface area contributed by atoms with Crippen LogP contribution in [0.1, 0.15) is 29.7 Å². The number of benzene rings is 1. The van der Waals surface area contributed by atoms with E-state index in [-0.39, 0.29) is 75.5 Å². The molecule has 27 heavy (non-hydrogen) atoms. The Morgan fingerprint density at radius 2 is 2.11 bits per heavy atom. The number of carbonyl (C=O) groups is 2. The van der Waals surface area contributed by atoms with E-state index in [1.165, 1.54) is 24.4 Å². The normalized spacial score (nSPS) is 16.7. The Kier molecular flexibility index (Phi) is 7.35. The minimum Gasteiger partial charge on any atom is -0.548 e. The summed E-state index contributed by atoms with van der Waals surface area (Å²) in [6, 6.07) is 5.02. The SMILES string of the molecule is CC(NC(=O)N1Cc2cccc(F)c2CC1C(=O)[O-])c1cc[nH]c(=O)c1.[K+]. The maximum atomic E-state index is 13.9. The van der Waals surface area contributed by atoms with E-state index in [1.54, 1.807) is 19.1 Å². The molecule has 1 aromatic heterocycles. The number of hydrogen-bond acceptors (Lipinski definition) is 4. The van der Waals surface area contributed by atoms with E-state index in [0.29, 0.717) is 11.1 Å². The second kappa shape index (κ2) is 9.11. The van der Waals surface area contributed by atoms with Crippen LogP contribution in [0.25, 0.3) is 0 Å². The Morgan fingerprint density at radius 3 is 2.78 bits per heavy atom. The molecule has 0 saturated carbocycles. The number of aliphatic carboxylic acids is 1. The zero-order valence-electron chi connectivity index (χ0n) is 15.0. The van der Waals surface area contributed by atoms with Gasteiger partial charge in [-0.15, -0.1) is 0 Å². The summed E-state index contributed by atoms with van der Waals surface area (Å²) >= 11 is 0. The summed E-state index contributed by atoms with van der Waals surface area (Å²) in [5, 5.41) is 14.2. The van der Waals surface area contributed by atoms with Crippen LogP contribution in [0, 0.1) is 5.82 Å². The predicted octanol–water partition coefficient (Wildman–Crippen LogP) is -2.53. The maximum Gasteiger partial charge on any atom is 1.00 e. The van der Waals surface area contributed by atoms with Gasteiger partial charge in [-0.25, -0.2) is 9.18 Å². The number of pyridine rings is 1. The Hall–Kier alpha value is -1.52. The third kappa shape index (κ3) is 4.85. The van der Waals surface area contributed by atoms with Gasteiger partial charge in [0, 0.05) is 25.2 Å². The van der Waals surface area contributed by atoms with Crippen molar-refractivity contribution in [3.63, 3.8) is 0 Å². The van der Waals surface area contributed by atoms with Gasteiger partial charge in [-0.1, -0.05) is 12.1 Å². The van der Waals surface area contributed by atoms with Crippen molar-refractivity contribution >= 4 is 12.0 Å². The molecule has 1 aliphatic rings. The predicted molar refractivity (Wildman–Crippen MR) is 88.5 cm³/mol. The Balaban J connectivity index is 0.00000261. The summed E-state index contributed by atoms with van der Waals surface area (Å²) in [6.07, 6.45) is 1.31. The molecule has 7 nitrogen and oxygen atoms in total. The van der Waals surface area contributed by atoms with Crippen molar-refractivity contribution in [2.75, 3.05) is 0 Å². The molecule has 9 heteroatoms. The molecule has 0 aliphatic carbocycles. The van der Waals surface area contributed by atoms with Crippen molar-refractivity contribution < 1.29 is 70.5 Å². The second-order valence-electron chi connectivity index (χ2n) is 6.20. The van der Waals surface area contributed by atoms with Crippen LogP contribution in [-0.4, -0.2) is 27.9 Å². The van der Waals surface area contributed by atoms with E-state index in [9.17, 15) is 23.9 Å². The van der Waals surface area contributed by atoms with Crippen LogP contribution in [-0.2, 0) is 17.8 Å². The molecule has 2 N–H and O–H groups in total. The van der Waals surface area contributed by atoms with Crippen molar-refractivity contribution in [3.8, 4) is 0 Å². The first-order chi connectivity index (χ1) is 12.4. The van der Waals surface area contributed by atoms with Crippen molar-refractivity contribution in [3.05, 3.63) is 69.4 Å². The fraction of sp³-hybridized carbons (Fsp3) is 0.278. The fourth-order valence-corrected chi connectivity index (χ4v) is 3.08. The average molecular weight is 397 g/mol. The van der Waals surface area contributed by atoms with Gasteiger partial charge in [0.15, 0.2) is 0 Å². The third-order valence-corrected chi connectivity index (χ3v) is 4.50. The van der Waals surface area contributed by atoms with Gasteiger partial charge >= 0.3 is 57.4 Å². The molecule has 0 fully saturated rings. The van der Waals surface area contributed by atoms with Crippen LogP contribution in [0.5, 0.6) is 0 Å². The number of carboxylic acids is 1. The number of hydrogen-bond donors (Lipinski definition) is 2. The van der Waals surface area contributed by atoms with Gasteiger partial charge in [0.1, 0.15) is 5.82 Å². The number of nitrogens with zero attached hydrogens (tertiary/aromatic N) is 1. The van der Waals surface area contributed by atoms with Crippen molar-refractivity contribution in [1.29, 1.82) is 0 Å². The standard InChI is InChI=1S/C18H18FN3O4.K/c1-10(11-5-6-20-16(23)7-11)21-18(26)22-9-12-3-2-4-14(19)13(12)8-15(22)17(24)25;/h2-7,10,15H,8-9H2,1H3,(H,20,23)(H,21,26)(H,24,25);/q;+1/p-1. The van der Waals surface area contributed by atoms with Gasteiger partial charge in [0.25, 0.3) is 0 Å². The van der Waals surface area contributed by atoms with E-state index in [2.05, 4.69) is 10.3 Å². The first kappa shape index (κ1) is 21.8. The van der Waals surface area contributed by atoms with Crippen LogP contribution < -0.4 is 67.4 Å². The number of halogens is 1. The molecule has 3 rings (SSSR count). The van der Waals surface area contributed by atoms with Crippen molar-refractivity contribution in [1.82, 2.24) is 15.2 Å². The number of urea groups is 1. The van der Waals surface area contributed by atoms with Gasteiger partial charge in [-0.05, 0) is 35.7 Å². The molecular weight excluding hydrogens is 380 g/mol. The van der Waals surface area contributed by atoms with Crippen LogP contribution in [0.4, 0.5) is 9.18 Å². The molecule has 2 unspecified atom stereocenters. The quantitative estimate of drug-likeness (QED) is 0.557. The molecule has 2 atom stereocenters. The Labute approximate surface area is 197 Å². The Bertz CT molecular complexity index is 917. The van der Waals surface area contributed by atoms with E-state index in [1.807, 2.05) is 0 Å². The number of carboxylic acid groups (broad SMARTS) is 1. The molecule has 0 saturated heterocycles. The number of aromatic amines is 1. The molecule has 136 valence electrons. The van der Waals surface area contributed by atoms with Crippen LogP contribution in [0.15, 0.2) is 41.3 Å². The van der Waals surface area contributed by atoms with Crippen LogP contribution in [0.2, 0.25) is 0 Å². The molecular formula is C18H17FKN3O4. The van der Waals surface area contributed by atoms with Gasteiger partial charge < -0.3 is 25.1 Å². The van der Waals surface area contributed by atoms with Gasteiger partial charge in [-0.2, -0.15) is 0 Å². The van der Waals surface area contributed by atoms with Crippen molar-refractivity contribution in [2.24, 2.45) is 0 Å². The molecule has 1 aliphatic heterocycles. The van der Waals surface area contributed by atoms with Crippen molar-refractivity contribution in [2.45, 2.75) is 32.0 Å². The fourth-order valence-electron chi connectivity index (χ4n) is 3.08.